The van der Waals surface area contributed by atoms with Crippen LogP contribution in [0, 0.1) is 0 Å². The van der Waals surface area contributed by atoms with Crippen molar-refractivity contribution < 1.29 is 38.4 Å². The Kier molecular flexibility index (Phi) is 11.7. The van der Waals surface area contributed by atoms with Crippen molar-refractivity contribution in [2.75, 3.05) is 27.4 Å². The number of carbonyl (C=O) groups excluding carboxylic acids is 2. The number of ether oxygens (including phenoxy) is 5. The molecule has 1 heterocycles. The molecule has 1 aliphatic rings. The maximum absolute atomic E-state index is 12.5. The van der Waals surface area contributed by atoms with Gasteiger partial charge in [-0.25, -0.2) is 9.59 Å². The number of aliphatic hydroxyl groups excluding tert-OH is 1. The lowest BCUT2D eigenvalue weighted by Crippen LogP contribution is -2.45. The fourth-order valence-corrected chi connectivity index (χ4v) is 4.77. The zero-order valence-electron chi connectivity index (χ0n) is 25.3. The fourth-order valence-electron chi connectivity index (χ4n) is 4.50. The highest BCUT2D eigenvalue weighted by Crippen LogP contribution is 2.35. The van der Waals surface area contributed by atoms with Crippen LogP contribution in [0.4, 0.5) is 4.79 Å². The van der Waals surface area contributed by atoms with Gasteiger partial charge < -0.3 is 39.4 Å². The lowest BCUT2D eigenvalue weighted by molar-refractivity contribution is -0.136. The molecule has 0 spiro atoms. The molecule has 0 unspecified atom stereocenters. The van der Waals surface area contributed by atoms with Crippen molar-refractivity contribution >= 4 is 34.1 Å². The Balaban J connectivity index is 1.42. The number of nitrogens with one attached hydrogen (secondary N) is 3. The number of nitrogens with zero attached hydrogens (tertiary/aromatic N) is 1. The number of benzene rings is 3. The molecular formula is C32H35BrN4O8. The van der Waals surface area contributed by atoms with Gasteiger partial charge in [-0.2, -0.15) is 5.10 Å². The molecule has 2 atom stereocenters. The first-order valence-electron chi connectivity index (χ1n) is 14.0. The first-order valence-corrected chi connectivity index (χ1v) is 14.8. The monoisotopic (exact) mass is 682 g/mol. The number of urea groups is 1. The number of rotatable bonds is 14. The molecule has 0 saturated heterocycles. The molecule has 0 aliphatic carbocycles. The van der Waals surface area contributed by atoms with Gasteiger partial charge in [-0.05, 0) is 61.4 Å². The van der Waals surface area contributed by atoms with E-state index in [1.807, 2.05) is 43.3 Å². The average molecular weight is 684 g/mol. The molecule has 0 saturated carbocycles. The standard InChI is InChI=1S/C32H35BrN4O8/c1-5-43-26-15-21(29-28(31(39)42-4)19(2)35-32(40)36-29)11-14-24(26)44-18-27(38)37-34-16-22-7-6-8-25(41-3)30(22)45-17-20-9-12-23(33)13-10-20/h6-16,27,29,37-38H,5,17-18H2,1-4H3,(H2,35,36,40)/b34-16+/t27-,29+/m1/s1. The first kappa shape index (κ1) is 33.1. The van der Waals surface area contributed by atoms with Crippen LogP contribution in [0.1, 0.15) is 36.6 Å². The SMILES string of the molecule is CCOc1cc([C@@H]2NC(=O)NC(C)=C2C(=O)OC)ccc1OC[C@@H](O)N/N=C/c1cccc(OC)c1OCc1ccc(Br)cc1. The Morgan fingerprint density at radius 3 is 2.56 bits per heavy atom. The van der Waals surface area contributed by atoms with E-state index in [-0.39, 0.29) is 12.2 Å². The van der Waals surface area contributed by atoms with E-state index in [4.69, 9.17) is 23.7 Å². The number of methoxy groups -OCH3 is 2. The van der Waals surface area contributed by atoms with Gasteiger partial charge in [0.2, 0.25) is 0 Å². The summed E-state index contributed by atoms with van der Waals surface area (Å²) in [4.78, 5) is 24.6. The lowest BCUT2D eigenvalue weighted by Gasteiger charge is -2.28. The number of para-hydroxylation sites is 1. The molecule has 45 heavy (non-hydrogen) atoms. The van der Waals surface area contributed by atoms with Crippen LogP contribution in [-0.2, 0) is 16.1 Å². The van der Waals surface area contributed by atoms with E-state index >= 15 is 0 Å². The van der Waals surface area contributed by atoms with Crippen molar-refractivity contribution in [2.24, 2.45) is 5.10 Å². The van der Waals surface area contributed by atoms with E-state index in [1.54, 1.807) is 38.3 Å². The van der Waals surface area contributed by atoms with Crippen molar-refractivity contribution in [2.45, 2.75) is 32.7 Å². The summed E-state index contributed by atoms with van der Waals surface area (Å²) < 4.78 is 29.0. The van der Waals surface area contributed by atoms with Gasteiger partial charge in [-0.3, -0.25) is 5.43 Å². The third-order valence-electron chi connectivity index (χ3n) is 6.63. The van der Waals surface area contributed by atoms with E-state index in [0.717, 1.165) is 10.0 Å². The minimum atomic E-state index is -1.17. The molecule has 238 valence electrons. The highest BCUT2D eigenvalue weighted by molar-refractivity contribution is 9.10. The highest BCUT2D eigenvalue weighted by atomic mass is 79.9. The normalized spacial score (nSPS) is 15.2. The van der Waals surface area contributed by atoms with Crippen molar-refractivity contribution in [3.8, 4) is 23.0 Å². The smallest absolute Gasteiger partial charge is 0.337 e. The molecule has 1 aliphatic heterocycles. The second-order valence-corrected chi connectivity index (χ2v) is 10.6. The first-order chi connectivity index (χ1) is 21.7. The largest absolute Gasteiger partial charge is 0.493 e. The number of hydrogen-bond donors (Lipinski definition) is 4. The van der Waals surface area contributed by atoms with E-state index in [1.165, 1.54) is 13.3 Å². The van der Waals surface area contributed by atoms with Crippen LogP contribution in [0.5, 0.6) is 23.0 Å². The lowest BCUT2D eigenvalue weighted by atomic mass is 9.95. The number of halogens is 1. The molecule has 3 aromatic rings. The zero-order chi connectivity index (χ0) is 32.3. The van der Waals surface area contributed by atoms with Gasteiger partial charge in [-0.1, -0.05) is 40.2 Å². The summed E-state index contributed by atoms with van der Waals surface area (Å²) in [5, 5.41) is 20.0. The summed E-state index contributed by atoms with van der Waals surface area (Å²) in [7, 11) is 2.83. The minimum absolute atomic E-state index is 0.168. The number of amides is 2. The number of hydrogen-bond acceptors (Lipinski definition) is 10. The van der Waals surface area contributed by atoms with Crippen LogP contribution in [0.15, 0.2) is 81.5 Å². The predicted molar refractivity (Wildman–Crippen MR) is 170 cm³/mol. The van der Waals surface area contributed by atoms with Gasteiger partial charge in [0.25, 0.3) is 0 Å². The van der Waals surface area contributed by atoms with Crippen LogP contribution in [0.3, 0.4) is 0 Å². The Hall–Kier alpha value is -4.75. The zero-order valence-corrected chi connectivity index (χ0v) is 26.8. The topological polar surface area (TPSA) is 149 Å². The number of esters is 1. The van der Waals surface area contributed by atoms with Crippen LogP contribution in [-0.4, -0.2) is 57.0 Å². The van der Waals surface area contributed by atoms with Crippen LogP contribution < -0.4 is 35.0 Å². The van der Waals surface area contributed by atoms with Crippen LogP contribution in [0.2, 0.25) is 0 Å². The summed E-state index contributed by atoms with van der Waals surface area (Å²) in [5.41, 5.74) is 5.50. The average Bonchev–Trinajstić information content (AvgIpc) is 3.03. The van der Waals surface area contributed by atoms with Crippen molar-refractivity contribution in [1.82, 2.24) is 16.1 Å². The molecular weight excluding hydrogens is 648 g/mol. The van der Waals surface area contributed by atoms with E-state index in [0.29, 0.717) is 53.0 Å². The van der Waals surface area contributed by atoms with Crippen molar-refractivity contribution in [3.63, 3.8) is 0 Å². The molecule has 13 heteroatoms. The molecule has 2 amide bonds. The van der Waals surface area contributed by atoms with Crippen LogP contribution >= 0.6 is 15.9 Å². The van der Waals surface area contributed by atoms with Gasteiger partial charge in [0, 0.05) is 15.7 Å². The van der Waals surface area contributed by atoms with Gasteiger partial charge in [0.05, 0.1) is 38.7 Å². The summed E-state index contributed by atoms with van der Waals surface area (Å²) in [6, 6.07) is 17.0. The molecule has 0 aromatic heterocycles. The molecule has 0 fully saturated rings. The Labute approximate surface area is 269 Å². The third-order valence-corrected chi connectivity index (χ3v) is 7.15. The second kappa shape index (κ2) is 15.8. The third kappa shape index (κ3) is 8.67. The number of allylic oxidation sites excluding steroid dienone is 1. The fraction of sp³-hybridized carbons (Fsp3) is 0.281. The van der Waals surface area contributed by atoms with Crippen LogP contribution in [0.25, 0.3) is 0 Å². The number of hydrazone groups is 1. The number of aliphatic hydroxyl groups is 1. The summed E-state index contributed by atoms with van der Waals surface area (Å²) in [5.74, 6) is 1.19. The molecule has 0 radical (unpaired) electrons. The second-order valence-electron chi connectivity index (χ2n) is 9.71. The van der Waals surface area contributed by atoms with Gasteiger partial charge in [-0.15, -0.1) is 0 Å². The molecule has 3 aromatic carbocycles. The molecule has 4 rings (SSSR count). The van der Waals surface area contributed by atoms with E-state index in [2.05, 4.69) is 37.1 Å². The van der Waals surface area contributed by atoms with E-state index in [9.17, 15) is 14.7 Å². The Morgan fingerprint density at radius 1 is 1.07 bits per heavy atom. The highest BCUT2D eigenvalue weighted by Gasteiger charge is 2.32. The van der Waals surface area contributed by atoms with Gasteiger partial charge in [0.15, 0.2) is 29.2 Å². The Morgan fingerprint density at radius 2 is 1.84 bits per heavy atom. The predicted octanol–water partition coefficient (Wildman–Crippen LogP) is 4.56. The van der Waals surface area contributed by atoms with Gasteiger partial charge >= 0.3 is 12.0 Å². The van der Waals surface area contributed by atoms with Gasteiger partial charge in [0.1, 0.15) is 13.2 Å². The van der Waals surface area contributed by atoms with Crippen molar-refractivity contribution in [3.05, 3.63) is 93.1 Å². The molecule has 0 bridgehead atoms. The molecule has 4 N–H and O–H groups in total. The summed E-state index contributed by atoms with van der Waals surface area (Å²) >= 11 is 3.43. The maximum atomic E-state index is 12.5. The molecule has 12 nitrogen and oxygen atoms in total. The quantitative estimate of drug-likeness (QED) is 0.0831. The summed E-state index contributed by atoms with van der Waals surface area (Å²) in [6.07, 6.45) is 0.346. The summed E-state index contributed by atoms with van der Waals surface area (Å²) in [6.45, 7) is 3.92. The number of carbonyl (C=O) groups is 2. The van der Waals surface area contributed by atoms with E-state index < -0.39 is 24.3 Å². The Bertz CT molecular complexity index is 1560. The minimum Gasteiger partial charge on any atom is -0.493 e. The maximum Gasteiger partial charge on any atom is 0.337 e. The van der Waals surface area contributed by atoms with Crippen molar-refractivity contribution in [1.29, 1.82) is 0 Å².